The van der Waals surface area contributed by atoms with Gasteiger partial charge in [0.05, 0.1) is 9.86 Å². The Morgan fingerprint density at radius 1 is 1.19 bits per heavy atom. The molecule has 0 saturated carbocycles. The summed E-state index contributed by atoms with van der Waals surface area (Å²) >= 11 is 6.62. The Labute approximate surface area is 134 Å². The van der Waals surface area contributed by atoms with Crippen LogP contribution in [0, 0.1) is 5.95 Å². The van der Waals surface area contributed by atoms with Crippen LogP contribution in [0.15, 0.2) is 48.5 Å². The Hall–Kier alpha value is -1.73. The summed E-state index contributed by atoms with van der Waals surface area (Å²) in [6.45, 7) is 0. The highest BCUT2D eigenvalue weighted by atomic mass is 79.9. The molecule has 0 atom stereocenters. The van der Waals surface area contributed by atoms with Crippen molar-refractivity contribution in [1.82, 2.24) is 4.98 Å². The molecule has 3 rings (SSSR count). The summed E-state index contributed by atoms with van der Waals surface area (Å²) in [5, 5.41) is 9.54. The van der Waals surface area contributed by atoms with E-state index >= 15 is 0 Å². The maximum Gasteiger partial charge on any atom is 0.255 e. The molecular weight excluding hydrogens is 409 g/mol. The molecule has 7 heteroatoms. The number of aromatic hydroxyl groups is 1. The fraction of sp³-hybridized carbons (Fsp3) is 0. The van der Waals surface area contributed by atoms with Crippen LogP contribution in [-0.4, -0.2) is 10.1 Å². The van der Waals surface area contributed by atoms with Crippen molar-refractivity contribution in [2.75, 3.05) is 0 Å². The first kappa shape index (κ1) is 14.2. The van der Waals surface area contributed by atoms with Gasteiger partial charge in [-0.1, -0.05) is 15.9 Å². The highest BCUT2D eigenvalue weighted by Gasteiger charge is 2.13. The third-order valence-electron chi connectivity index (χ3n) is 2.83. The van der Waals surface area contributed by atoms with Crippen molar-refractivity contribution in [3.63, 3.8) is 0 Å². The predicted octanol–water partition coefficient (Wildman–Crippen LogP) is 4.22. The number of hydrogen-bond donors (Lipinski definition) is 1. The first-order valence-electron chi connectivity index (χ1n) is 5.74. The van der Waals surface area contributed by atoms with Crippen molar-refractivity contribution >= 4 is 42.8 Å². The van der Waals surface area contributed by atoms with E-state index in [0.29, 0.717) is 15.4 Å². The average molecular weight is 415 g/mol. The number of fused-ring (bicyclic) bond motifs is 1. The van der Waals surface area contributed by atoms with E-state index in [4.69, 9.17) is 9.52 Å². The van der Waals surface area contributed by atoms with Crippen LogP contribution in [0.1, 0.15) is 0 Å². The normalized spacial score (nSPS) is 11.0. The number of hydrogen-bond acceptors (Lipinski definition) is 4. The fourth-order valence-corrected chi connectivity index (χ4v) is 3.18. The SMILES string of the molecule is O=c1cc(-c2ccc(O)c(F)n2)oc2c(Br)cc(Br)cc12. The van der Waals surface area contributed by atoms with E-state index in [1.54, 1.807) is 12.1 Å². The van der Waals surface area contributed by atoms with Crippen LogP contribution < -0.4 is 5.43 Å². The summed E-state index contributed by atoms with van der Waals surface area (Å²) in [7, 11) is 0. The van der Waals surface area contributed by atoms with Gasteiger partial charge >= 0.3 is 0 Å². The molecular formula is C14H6Br2FNO3. The van der Waals surface area contributed by atoms with Crippen molar-refractivity contribution in [3.05, 3.63) is 55.4 Å². The summed E-state index contributed by atoms with van der Waals surface area (Å²) in [5.74, 6) is -1.47. The van der Waals surface area contributed by atoms with E-state index in [2.05, 4.69) is 36.8 Å². The predicted molar refractivity (Wildman–Crippen MR) is 82.7 cm³/mol. The third kappa shape index (κ3) is 2.58. The van der Waals surface area contributed by atoms with Gasteiger partial charge in [-0.05, 0) is 40.2 Å². The second kappa shape index (κ2) is 5.23. The van der Waals surface area contributed by atoms with Crippen LogP contribution in [0.3, 0.4) is 0 Å². The highest BCUT2D eigenvalue weighted by molar-refractivity contribution is 9.11. The van der Waals surface area contributed by atoms with Gasteiger partial charge < -0.3 is 9.52 Å². The first-order chi connectivity index (χ1) is 9.95. The molecule has 0 spiro atoms. The van der Waals surface area contributed by atoms with Crippen LogP contribution in [0.4, 0.5) is 4.39 Å². The number of pyridine rings is 1. The number of nitrogens with zero attached hydrogens (tertiary/aromatic N) is 1. The molecule has 0 unspecified atom stereocenters. The second-order valence-corrected chi connectivity index (χ2v) is 6.02. The molecule has 0 amide bonds. The van der Waals surface area contributed by atoms with Crippen molar-refractivity contribution in [3.8, 4) is 17.2 Å². The second-order valence-electron chi connectivity index (χ2n) is 4.25. The molecule has 1 N–H and O–H groups in total. The van der Waals surface area contributed by atoms with Crippen molar-refractivity contribution in [1.29, 1.82) is 0 Å². The Bertz CT molecular complexity index is 924. The van der Waals surface area contributed by atoms with Gasteiger partial charge in [0, 0.05) is 10.5 Å². The maximum absolute atomic E-state index is 13.3. The van der Waals surface area contributed by atoms with E-state index in [0.717, 1.165) is 10.5 Å². The Kier molecular flexibility index (Phi) is 3.54. The molecule has 2 aromatic heterocycles. The van der Waals surface area contributed by atoms with Crippen molar-refractivity contribution in [2.45, 2.75) is 0 Å². The van der Waals surface area contributed by atoms with Gasteiger partial charge in [-0.15, -0.1) is 0 Å². The lowest BCUT2D eigenvalue weighted by Gasteiger charge is -2.05. The highest BCUT2D eigenvalue weighted by Crippen LogP contribution is 2.30. The summed E-state index contributed by atoms with van der Waals surface area (Å²) in [5.41, 5.74) is 0.193. The van der Waals surface area contributed by atoms with Gasteiger partial charge in [-0.3, -0.25) is 4.79 Å². The largest absolute Gasteiger partial charge is 0.504 e. The lowest BCUT2D eigenvalue weighted by atomic mass is 10.2. The minimum Gasteiger partial charge on any atom is -0.504 e. The average Bonchev–Trinajstić information content (AvgIpc) is 2.43. The molecule has 3 aromatic rings. The topological polar surface area (TPSA) is 63.3 Å². The van der Waals surface area contributed by atoms with Crippen LogP contribution in [0.25, 0.3) is 22.4 Å². The van der Waals surface area contributed by atoms with Gasteiger partial charge in [-0.25, -0.2) is 4.98 Å². The zero-order valence-corrected chi connectivity index (χ0v) is 13.4. The molecule has 0 bridgehead atoms. The van der Waals surface area contributed by atoms with Gasteiger partial charge in [0.1, 0.15) is 5.69 Å². The Morgan fingerprint density at radius 2 is 1.95 bits per heavy atom. The molecule has 0 radical (unpaired) electrons. The summed E-state index contributed by atoms with van der Waals surface area (Å²) in [6, 6.07) is 7.13. The lowest BCUT2D eigenvalue weighted by molar-refractivity contribution is 0.419. The fourth-order valence-electron chi connectivity index (χ4n) is 1.87. The number of halogens is 3. The van der Waals surface area contributed by atoms with Gasteiger partial charge in [0.2, 0.25) is 0 Å². The molecule has 106 valence electrons. The first-order valence-corrected chi connectivity index (χ1v) is 7.33. The molecule has 0 aliphatic rings. The minimum atomic E-state index is -1.02. The van der Waals surface area contributed by atoms with E-state index in [1.807, 2.05) is 0 Å². The van der Waals surface area contributed by atoms with E-state index < -0.39 is 11.7 Å². The van der Waals surface area contributed by atoms with E-state index in [1.165, 1.54) is 12.1 Å². The van der Waals surface area contributed by atoms with Crippen LogP contribution in [0.2, 0.25) is 0 Å². The molecule has 21 heavy (non-hydrogen) atoms. The number of rotatable bonds is 1. The minimum absolute atomic E-state index is 0.120. The Balaban J connectivity index is 2.30. The Morgan fingerprint density at radius 3 is 2.67 bits per heavy atom. The number of benzene rings is 1. The van der Waals surface area contributed by atoms with E-state index in [9.17, 15) is 9.18 Å². The smallest absolute Gasteiger partial charge is 0.255 e. The summed E-state index contributed by atoms with van der Waals surface area (Å²) in [6.07, 6.45) is 0. The molecule has 1 aromatic carbocycles. The molecule has 0 aliphatic heterocycles. The van der Waals surface area contributed by atoms with Crippen molar-refractivity contribution < 1.29 is 13.9 Å². The van der Waals surface area contributed by atoms with Gasteiger partial charge in [0.15, 0.2) is 22.5 Å². The van der Waals surface area contributed by atoms with Crippen LogP contribution in [-0.2, 0) is 0 Å². The summed E-state index contributed by atoms with van der Waals surface area (Å²) < 4.78 is 20.3. The molecule has 0 saturated heterocycles. The van der Waals surface area contributed by atoms with Crippen molar-refractivity contribution in [2.24, 2.45) is 0 Å². The summed E-state index contributed by atoms with van der Waals surface area (Å²) in [4.78, 5) is 15.7. The zero-order valence-electron chi connectivity index (χ0n) is 10.2. The van der Waals surface area contributed by atoms with Gasteiger partial charge in [0.25, 0.3) is 5.95 Å². The number of aromatic nitrogens is 1. The van der Waals surface area contributed by atoms with E-state index in [-0.39, 0.29) is 16.9 Å². The zero-order chi connectivity index (χ0) is 15.1. The maximum atomic E-state index is 13.3. The third-order valence-corrected chi connectivity index (χ3v) is 3.88. The van der Waals surface area contributed by atoms with Gasteiger partial charge in [-0.2, -0.15) is 4.39 Å². The molecule has 0 fully saturated rings. The quantitative estimate of drug-likeness (QED) is 0.605. The molecule has 0 aliphatic carbocycles. The van der Waals surface area contributed by atoms with Crippen LogP contribution >= 0.6 is 31.9 Å². The molecule has 4 nitrogen and oxygen atoms in total. The molecule has 2 heterocycles. The van der Waals surface area contributed by atoms with Crippen LogP contribution in [0.5, 0.6) is 5.75 Å². The monoisotopic (exact) mass is 413 g/mol. The standard InChI is InChI=1S/C14H6Br2FNO3/c15-6-3-7-11(20)5-12(21-13(7)8(16)4-6)9-1-2-10(19)14(17)18-9/h1-5,19H. The lowest BCUT2D eigenvalue weighted by Crippen LogP contribution is -2.01.